The lowest BCUT2D eigenvalue weighted by Gasteiger charge is -2.22. The molecule has 0 radical (unpaired) electrons. The van der Waals surface area contributed by atoms with Crippen molar-refractivity contribution >= 4 is 33.2 Å². The lowest BCUT2D eigenvalue weighted by Crippen LogP contribution is -2.41. The van der Waals surface area contributed by atoms with E-state index in [-0.39, 0.29) is 23.1 Å². The summed E-state index contributed by atoms with van der Waals surface area (Å²) in [6, 6.07) is 12.7. The van der Waals surface area contributed by atoms with Crippen molar-refractivity contribution in [2.75, 3.05) is 23.7 Å². The Morgan fingerprint density at radius 3 is 2.44 bits per heavy atom. The first-order chi connectivity index (χ1) is 11.8. The number of carbonyl (C=O) groups excluding carboxylic acids is 1. The Morgan fingerprint density at radius 1 is 1.16 bits per heavy atom. The monoisotopic (exact) mass is 384 g/mol. The number of halogens is 2. The second-order valence-corrected chi connectivity index (χ2v) is 7.73. The lowest BCUT2D eigenvalue weighted by molar-refractivity contribution is -0.119. The molecule has 2 aromatic rings. The summed E-state index contributed by atoms with van der Waals surface area (Å²) in [4.78, 5) is 12.1. The number of sulfonamides is 1. The summed E-state index contributed by atoms with van der Waals surface area (Å²) in [6.07, 6.45) is 1.31. The van der Waals surface area contributed by atoms with Crippen LogP contribution in [0.15, 0.2) is 48.5 Å². The third kappa shape index (κ3) is 5.44. The zero-order valence-corrected chi connectivity index (χ0v) is 15.1. The molecule has 134 valence electrons. The van der Waals surface area contributed by atoms with E-state index in [2.05, 4.69) is 5.32 Å². The van der Waals surface area contributed by atoms with Crippen LogP contribution in [0.25, 0.3) is 0 Å². The van der Waals surface area contributed by atoms with Crippen molar-refractivity contribution in [2.45, 2.75) is 6.42 Å². The van der Waals surface area contributed by atoms with Gasteiger partial charge >= 0.3 is 0 Å². The number of carbonyl (C=O) groups is 1. The molecule has 0 saturated carbocycles. The van der Waals surface area contributed by atoms with E-state index in [1.807, 2.05) is 0 Å². The Morgan fingerprint density at radius 2 is 1.80 bits per heavy atom. The summed E-state index contributed by atoms with van der Waals surface area (Å²) in [6.45, 7) is -0.209. The summed E-state index contributed by atoms with van der Waals surface area (Å²) in [7, 11) is -3.69. The van der Waals surface area contributed by atoms with Crippen molar-refractivity contribution in [3.63, 3.8) is 0 Å². The molecule has 0 aliphatic heterocycles. The van der Waals surface area contributed by atoms with Gasteiger partial charge in [-0.25, -0.2) is 12.8 Å². The highest BCUT2D eigenvalue weighted by molar-refractivity contribution is 7.92. The largest absolute Gasteiger partial charge is 0.354 e. The highest BCUT2D eigenvalue weighted by Crippen LogP contribution is 2.26. The van der Waals surface area contributed by atoms with Crippen LogP contribution in [-0.2, 0) is 21.2 Å². The minimum Gasteiger partial charge on any atom is -0.354 e. The standard InChI is InChI=1S/C17H18ClFN2O3S/c1-25(23,24)21(16-9-5-3-7-14(16)18)12-17(22)20-11-10-13-6-2-4-8-15(13)19/h2-9H,10-12H2,1H3,(H,20,22). The van der Waals surface area contributed by atoms with Gasteiger partial charge in [0.2, 0.25) is 15.9 Å². The number of nitrogens with one attached hydrogen (secondary N) is 1. The minimum atomic E-state index is -3.69. The van der Waals surface area contributed by atoms with Gasteiger partial charge in [-0.15, -0.1) is 0 Å². The van der Waals surface area contributed by atoms with E-state index < -0.39 is 22.5 Å². The van der Waals surface area contributed by atoms with Gasteiger partial charge in [-0.05, 0) is 30.2 Å². The van der Waals surface area contributed by atoms with Gasteiger partial charge in [0.25, 0.3) is 0 Å². The van der Waals surface area contributed by atoms with Crippen molar-refractivity contribution in [3.8, 4) is 0 Å². The summed E-state index contributed by atoms with van der Waals surface area (Å²) < 4.78 is 38.5. The molecule has 8 heteroatoms. The van der Waals surface area contributed by atoms with E-state index in [0.29, 0.717) is 12.0 Å². The molecule has 0 atom stereocenters. The Kier molecular flexibility index (Phi) is 6.39. The van der Waals surface area contributed by atoms with Crippen LogP contribution in [0.2, 0.25) is 5.02 Å². The molecule has 1 amide bonds. The molecule has 0 unspecified atom stereocenters. The highest BCUT2D eigenvalue weighted by Gasteiger charge is 2.22. The van der Waals surface area contributed by atoms with Crippen LogP contribution in [0.1, 0.15) is 5.56 Å². The molecule has 0 aliphatic carbocycles. The van der Waals surface area contributed by atoms with E-state index >= 15 is 0 Å². The van der Waals surface area contributed by atoms with E-state index in [1.54, 1.807) is 36.4 Å². The molecule has 0 spiro atoms. The van der Waals surface area contributed by atoms with Gasteiger partial charge in [-0.3, -0.25) is 9.10 Å². The highest BCUT2D eigenvalue weighted by atomic mass is 35.5. The van der Waals surface area contributed by atoms with Gasteiger partial charge in [0.05, 0.1) is 17.0 Å². The van der Waals surface area contributed by atoms with Crippen LogP contribution in [0.5, 0.6) is 0 Å². The van der Waals surface area contributed by atoms with Gasteiger partial charge in [0, 0.05) is 6.54 Å². The quantitative estimate of drug-likeness (QED) is 0.798. The van der Waals surface area contributed by atoms with E-state index in [4.69, 9.17) is 11.6 Å². The van der Waals surface area contributed by atoms with Gasteiger partial charge in [0.15, 0.2) is 0 Å². The number of para-hydroxylation sites is 1. The third-order valence-electron chi connectivity index (χ3n) is 3.48. The predicted molar refractivity (Wildman–Crippen MR) is 96.8 cm³/mol. The first-order valence-corrected chi connectivity index (χ1v) is 9.74. The van der Waals surface area contributed by atoms with Crippen LogP contribution < -0.4 is 9.62 Å². The van der Waals surface area contributed by atoms with Gasteiger partial charge in [-0.2, -0.15) is 0 Å². The fourth-order valence-corrected chi connectivity index (χ4v) is 3.42. The molecule has 0 aromatic heterocycles. The molecule has 2 rings (SSSR count). The number of rotatable bonds is 7. The number of hydrogen-bond acceptors (Lipinski definition) is 3. The van der Waals surface area contributed by atoms with Crippen LogP contribution in [0.4, 0.5) is 10.1 Å². The average Bonchev–Trinajstić information content (AvgIpc) is 2.54. The summed E-state index contributed by atoms with van der Waals surface area (Å²) in [5, 5.41) is 2.82. The Bertz CT molecular complexity index is 858. The van der Waals surface area contributed by atoms with Gasteiger partial charge in [-0.1, -0.05) is 41.9 Å². The maximum atomic E-state index is 13.5. The molecule has 1 N–H and O–H groups in total. The van der Waals surface area contributed by atoms with Crippen LogP contribution in [0.3, 0.4) is 0 Å². The second kappa shape index (κ2) is 8.31. The zero-order valence-electron chi connectivity index (χ0n) is 13.6. The van der Waals surface area contributed by atoms with Crippen molar-refractivity contribution < 1.29 is 17.6 Å². The normalized spacial score (nSPS) is 11.2. The zero-order chi connectivity index (χ0) is 18.4. The first kappa shape index (κ1) is 19.2. The summed E-state index contributed by atoms with van der Waals surface area (Å²) in [5.74, 6) is -0.840. The lowest BCUT2D eigenvalue weighted by atomic mass is 10.1. The number of anilines is 1. The molecular formula is C17H18ClFN2O3S. The Balaban J connectivity index is 2.01. The fraction of sp³-hybridized carbons (Fsp3) is 0.235. The van der Waals surface area contributed by atoms with E-state index in [0.717, 1.165) is 10.6 Å². The number of nitrogens with zero attached hydrogens (tertiary/aromatic N) is 1. The van der Waals surface area contributed by atoms with E-state index in [1.165, 1.54) is 12.1 Å². The Hall–Kier alpha value is -2.12. The molecule has 0 aliphatic rings. The van der Waals surface area contributed by atoms with Crippen LogP contribution in [-0.4, -0.2) is 33.7 Å². The molecule has 5 nitrogen and oxygen atoms in total. The second-order valence-electron chi connectivity index (χ2n) is 5.41. The molecule has 0 saturated heterocycles. The molecule has 0 heterocycles. The molecule has 25 heavy (non-hydrogen) atoms. The SMILES string of the molecule is CS(=O)(=O)N(CC(=O)NCCc1ccccc1F)c1ccccc1Cl. The molecule has 0 bridgehead atoms. The topological polar surface area (TPSA) is 66.5 Å². The average molecular weight is 385 g/mol. The maximum Gasteiger partial charge on any atom is 0.240 e. The predicted octanol–water partition coefficient (Wildman–Crippen LogP) is 2.60. The first-order valence-electron chi connectivity index (χ1n) is 7.51. The van der Waals surface area contributed by atoms with Gasteiger partial charge in [0.1, 0.15) is 12.4 Å². The fourth-order valence-electron chi connectivity index (χ4n) is 2.26. The maximum absolute atomic E-state index is 13.5. The van der Waals surface area contributed by atoms with Crippen LogP contribution in [0, 0.1) is 5.82 Å². The van der Waals surface area contributed by atoms with Crippen molar-refractivity contribution in [1.29, 1.82) is 0 Å². The summed E-state index contributed by atoms with van der Waals surface area (Å²) in [5.41, 5.74) is 0.713. The smallest absolute Gasteiger partial charge is 0.240 e. The third-order valence-corrected chi connectivity index (χ3v) is 4.93. The van der Waals surface area contributed by atoms with Crippen molar-refractivity contribution in [1.82, 2.24) is 5.32 Å². The van der Waals surface area contributed by atoms with Crippen molar-refractivity contribution in [2.24, 2.45) is 0 Å². The number of benzene rings is 2. The molecule has 2 aromatic carbocycles. The minimum absolute atomic E-state index is 0.194. The Labute approximate surface area is 151 Å². The molecule has 0 fully saturated rings. The van der Waals surface area contributed by atoms with Crippen LogP contribution >= 0.6 is 11.6 Å². The molecular weight excluding hydrogens is 367 g/mol. The number of amides is 1. The van der Waals surface area contributed by atoms with Gasteiger partial charge < -0.3 is 5.32 Å². The van der Waals surface area contributed by atoms with Crippen molar-refractivity contribution in [3.05, 3.63) is 64.9 Å². The van der Waals surface area contributed by atoms with E-state index in [9.17, 15) is 17.6 Å². The number of hydrogen-bond donors (Lipinski definition) is 1. The summed E-state index contributed by atoms with van der Waals surface area (Å²) >= 11 is 6.03.